The molecular weight excluding hydrogens is 344 g/mol. The fraction of sp³-hybridized carbons (Fsp3) is 0.143. The summed E-state index contributed by atoms with van der Waals surface area (Å²) in [4.78, 5) is 0. The Morgan fingerprint density at radius 2 is 1.58 bits per heavy atom. The molecule has 0 amide bonds. The summed E-state index contributed by atoms with van der Waals surface area (Å²) in [7, 11) is 0. The second kappa shape index (κ2) is 6.81. The molecule has 0 unspecified atom stereocenters. The lowest BCUT2D eigenvalue weighted by Gasteiger charge is -2.09. The van der Waals surface area contributed by atoms with Gasteiger partial charge in [-0.1, -0.05) is 60.1 Å². The van der Waals surface area contributed by atoms with E-state index in [0.29, 0.717) is 11.7 Å². The highest BCUT2D eigenvalue weighted by atomic mass is 35.5. The van der Waals surface area contributed by atoms with Crippen LogP contribution in [-0.2, 0) is 6.67 Å². The number of benzene rings is 2. The maximum atomic E-state index is 6.02. The molecule has 0 radical (unpaired) electrons. The Labute approximate surface area is 157 Å². The average molecular weight is 363 g/mol. The Balaban J connectivity index is 1.85. The smallest absolute Gasteiger partial charge is 0.133 e. The van der Waals surface area contributed by atoms with Crippen molar-refractivity contribution in [3.8, 4) is 22.5 Å². The first kappa shape index (κ1) is 16.6. The molecule has 2 heterocycles. The molecule has 0 saturated carbocycles. The van der Waals surface area contributed by atoms with Crippen LogP contribution in [0.3, 0.4) is 0 Å². The Morgan fingerprint density at radius 1 is 0.923 bits per heavy atom. The predicted octanol–water partition coefficient (Wildman–Crippen LogP) is 5.19. The highest BCUT2D eigenvalue weighted by Gasteiger charge is 2.14. The van der Waals surface area contributed by atoms with Gasteiger partial charge in [-0.05, 0) is 31.0 Å². The van der Waals surface area contributed by atoms with E-state index in [1.807, 2.05) is 16.8 Å². The number of aryl methyl sites for hydroxylation is 2. The van der Waals surface area contributed by atoms with E-state index >= 15 is 0 Å². The van der Waals surface area contributed by atoms with E-state index in [0.717, 1.165) is 22.5 Å². The van der Waals surface area contributed by atoms with Crippen LogP contribution in [0.25, 0.3) is 22.5 Å². The predicted molar refractivity (Wildman–Crippen MR) is 105 cm³/mol. The Morgan fingerprint density at radius 3 is 2.19 bits per heavy atom. The molecule has 2 aromatic heterocycles. The van der Waals surface area contributed by atoms with Crippen LogP contribution in [0.1, 0.15) is 11.1 Å². The second-order valence-corrected chi connectivity index (χ2v) is 6.82. The Kier molecular flexibility index (Phi) is 4.35. The first-order chi connectivity index (χ1) is 12.6. The van der Waals surface area contributed by atoms with Gasteiger partial charge < -0.3 is 0 Å². The van der Waals surface area contributed by atoms with Gasteiger partial charge in [0.15, 0.2) is 0 Å². The number of halogens is 1. The van der Waals surface area contributed by atoms with Crippen molar-refractivity contribution in [2.24, 2.45) is 0 Å². The van der Waals surface area contributed by atoms with Crippen LogP contribution in [0.2, 0.25) is 5.02 Å². The van der Waals surface area contributed by atoms with Gasteiger partial charge in [0.05, 0.1) is 22.6 Å². The molecule has 0 aliphatic heterocycles. The van der Waals surface area contributed by atoms with E-state index in [4.69, 9.17) is 16.7 Å². The molecule has 0 aliphatic carbocycles. The van der Waals surface area contributed by atoms with E-state index in [-0.39, 0.29) is 0 Å². The Hall–Kier alpha value is -2.85. The average Bonchev–Trinajstić information content (AvgIpc) is 3.22. The van der Waals surface area contributed by atoms with Crippen molar-refractivity contribution < 1.29 is 0 Å². The fourth-order valence-electron chi connectivity index (χ4n) is 3.15. The van der Waals surface area contributed by atoms with E-state index in [2.05, 4.69) is 61.4 Å². The highest BCUT2D eigenvalue weighted by molar-refractivity contribution is 6.30. The van der Waals surface area contributed by atoms with Gasteiger partial charge >= 0.3 is 0 Å². The summed E-state index contributed by atoms with van der Waals surface area (Å²) in [6.07, 6.45) is 3.44. The summed E-state index contributed by atoms with van der Waals surface area (Å²) >= 11 is 6.02. The van der Waals surface area contributed by atoms with E-state index in [1.54, 1.807) is 17.1 Å². The van der Waals surface area contributed by atoms with E-state index < -0.39 is 0 Å². The molecule has 4 nitrogen and oxygen atoms in total. The zero-order chi connectivity index (χ0) is 18.1. The largest absolute Gasteiger partial charge is 0.250 e. The molecule has 5 heteroatoms. The van der Waals surface area contributed by atoms with Crippen LogP contribution in [-0.4, -0.2) is 19.6 Å². The van der Waals surface area contributed by atoms with Crippen LogP contribution in [0.4, 0.5) is 0 Å². The number of rotatable bonds is 4. The van der Waals surface area contributed by atoms with Crippen molar-refractivity contribution in [2.45, 2.75) is 20.5 Å². The molecule has 0 atom stereocenters. The number of nitrogens with zero attached hydrogens (tertiary/aromatic N) is 4. The molecular formula is C21H19ClN4. The lowest BCUT2D eigenvalue weighted by Crippen LogP contribution is -2.11. The Bertz CT molecular complexity index is 1060. The third kappa shape index (κ3) is 3.16. The number of aromatic nitrogens is 4. The van der Waals surface area contributed by atoms with Gasteiger partial charge in [0, 0.05) is 17.3 Å². The zero-order valence-electron chi connectivity index (χ0n) is 14.7. The van der Waals surface area contributed by atoms with Crippen LogP contribution >= 0.6 is 11.6 Å². The van der Waals surface area contributed by atoms with Crippen LogP contribution in [0.15, 0.2) is 67.0 Å². The van der Waals surface area contributed by atoms with Crippen LogP contribution in [0.5, 0.6) is 0 Å². The standard InChI is InChI=1S/C21H19ClN4/c1-15-7-3-5-9-18(15)20-11-21(19-10-6-4-8-16(19)2)26(24-20)14-25-13-17(22)12-23-25/h3-13H,14H2,1-2H3. The molecule has 0 bridgehead atoms. The summed E-state index contributed by atoms with van der Waals surface area (Å²) in [5.41, 5.74) is 6.74. The van der Waals surface area contributed by atoms with Gasteiger partial charge in [-0.15, -0.1) is 0 Å². The van der Waals surface area contributed by atoms with E-state index in [1.165, 1.54) is 11.1 Å². The number of hydrogen-bond acceptors (Lipinski definition) is 2. The molecule has 0 fully saturated rings. The third-order valence-electron chi connectivity index (χ3n) is 4.50. The topological polar surface area (TPSA) is 35.6 Å². The second-order valence-electron chi connectivity index (χ2n) is 6.38. The molecule has 0 spiro atoms. The van der Waals surface area contributed by atoms with Gasteiger partial charge in [-0.3, -0.25) is 0 Å². The van der Waals surface area contributed by atoms with Crippen molar-refractivity contribution in [2.75, 3.05) is 0 Å². The lowest BCUT2D eigenvalue weighted by atomic mass is 10.0. The minimum Gasteiger partial charge on any atom is -0.250 e. The van der Waals surface area contributed by atoms with Crippen LogP contribution < -0.4 is 0 Å². The molecule has 26 heavy (non-hydrogen) atoms. The van der Waals surface area contributed by atoms with Crippen molar-refractivity contribution in [1.29, 1.82) is 0 Å². The molecule has 0 aliphatic rings. The summed E-state index contributed by atoms with van der Waals surface area (Å²) in [6, 6.07) is 18.8. The normalized spacial score (nSPS) is 11.0. The first-order valence-corrected chi connectivity index (χ1v) is 8.87. The summed E-state index contributed by atoms with van der Waals surface area (Å²) in [6.45, 7) is 4.72. The molecule has 2 aromatic carbocycles. The first-order valence-electron chi connectivity index (χ1n) is 8.49. The summed E-state index contributed by atoms with van der Waals surface area (Å²) < 4.78 is 3.77. The van der Waals surface area contributed by atoms with Gasteiger partial charge in [0.2, 0.25) is 0 Å². The third-order valence-corrected chi connectivity index (χ3v) is 4.70. The minimum atomic E-state index is 0.502. The van der Waals surface area contributed by atoms with E-state index in [9.17, 15) is 0 Å². The van der Waals surface area contributed by atoms with Gasteiger partial charge in [0.1, 0.15) is 6.67 Å². The maximum absolute atomic E-state index is 6.02. The SMILES string of the molecule is Cc1ccccc1-c1cc(-c2ccccc2C)n(Cn2cc(Cl)cn2)n1. The van der Waals surface area contributed by atoms with Gasteiger partial charge in [-0.25, -0.2) is 9.36 Å². The monoisotopic (exact) mass is 362 g/mol. The molecule has 130 valence electrons. The van der Waals surface area contributed by atoms with Crippen molar-refractivity contribution >= 4 is 11.6 Å². The highest BCUT2D eigenvalue weighted by Crippen LogP contribution is 2.30. The van der Waals surface area contributed by atoms with Crippen LogP contribution in [0, 0.1) is 13.8 Å². The molecule has 4 rings (SSSR count). The van der Waals surface area contributed by atoms with Crippen molar-refractivity contribution in [3.05, 3.63) is 83.1 Å². The van der Waals surface area contributed by atoms with Crippen molar-refractivity contribution in [1.82, 2.24) is 19.6 Å². The zero-order valence-corrected chi connectivity index (χ0v) is 15.5. The minimum absolute atomic E-state index is 0.502. The number of hydrogen-bond donors (Lipinski definition) is 0. The molecule has 4 aromatic rings. The maximum Gasteiger partial charge on any atom is 0.133 e. The lowest BCUT2D eigenvalue weighted by molar-refractivity contribution is 0.508. The molecule has 0 saturated heterocycles. The van der Waals surface area contributed by atoms with Gasteiger partial charge in [0.25, 0.3) is 0 Å². The quantitative estimate of drug-likeness (QED) is 0.500. The summed E-state index contributed by atoms with van der Waals surface area (Å²) in [5, 5.41) is 9.79. The summed E-state index contributed by atoms with van der Waals surface area (Å²) in [5.74, 6) is 0. The molecule has 0 N–H and O–H groups in total. The fourth-order valence-corrected chi connectivity index (χ4v) is 3.30. The van der Waals surface area contributed by atoms with Crippen molar-refractivity contribution in [3.63, 3.8) is 0 Å². The van der Waals surface area contributed by atoms with Gasteiger partial charge in [-0.2, -0.15) is 10.2 Å².